The van der Waals surface area contributed by atoms with Gasteiger partial charge in [0.05, 0.1) is 11.0 Å². The van der Waals surface area contributed by atoms with E-state index in [1.54, 1.807) is 0 Å². The summed E-state index contributed by atoms with van der Waals surface area (Å²) in [4.78, 5) is 2.35. The third-order valence-electron chi connectivity index (χ3n) is 12.0. The summed E-state index contributed by atoms with van der Waals surface area (Å²) < 4.78 is 2.37. The molecule has 0 saturated heterocycles. The maximum Gasteiger partial charge on any atom is 0.0541 e. The average molecular weight is 791 g/mol. The first-order valence-electron chi connectivity index (χ1n) is 21.2. The maximum absolute atomic E-state index is 2.37. The fourth-order valence-corrected chi connectivity index (χ4v) is 8.85. The predicted molar refractivity (Wildman–Crippen MR) is 263 cm³/mol. The van der Waals surface area contributed by atoms with Crippen LogP contribution in [0.2, 0.25) is 0 Å². The molecule has 0 bridgehead atoms. The molecule has 0 amide bonds. The van der Waals surface area contributed by atoms with Gasteiger partial charge in [-0.15, -0.1) is 0 Å². The number of fused-ring (bicyclic) bond motifs is 3. The SMILES string of the molecule is c1ccc(-c2ccc(-c3cccc(-c4ccc(N(c5ccc(-c6ccccc6)cc5)c5ccc(-c6ccc(-n7c8ccccc8c8ccccc87)cc6)cc5)cc4)c3)cc2)cc1. The topological polar surface area (TPSA) is 8.17 Å². The molecule has 0 aliphatic rings. The van der Waals surface area contributed by atoms with Gasteiger partial charge in [-0.2, -0.15) is 0 Å². The van der Waals surface area contributed by atoms with E-state index < -0.39 is 0 Å². The van der Waals surface area contributed by atoms with Crippen LogP contribution in [-0.2, 0) is 0 Å². The Balaban J connectivity index is 0.898. The number of hydrogen-bond acceptors (Lipinski definition) is 1. The molecule has 0 N–H and O–H groups in total. The van der Waals surface area contributed by atoms with Crippen molar-refractivity contribution >= 4 is 38.9 Å². The lowest BCUT2D eigenvalue weighted by atomic mass is 9.97. The first-order chi connectivity index (χ1) is 30.7. The Kier molecular flexibility index (Phi) is 9.57. The van der Waals surface area contributed by atoms with Gasteiger partial charge < -0.3 is 9.47 Å². The number of para-hydroxylation sites is 2. The highest BCUT2D eigenvalue weighted by Gasteiger charge is 2.15. The second-order valence-electron chi connectivity index (χ2n) is 15.8. The molecule has 0 fully saturated rings. The Morgan fingerprint density at radius 2 is 0.516 bits per heavy atom. The molecule has 11 rings (SSSR count). The molecular formula is C60H42N2. The van der Waals surface area contributed by atoms with Crippen molar-refractivity contribution in [1.29, 1.82) is 0 Å². The van der Waals surface area contributed by atoms with Crippen molar-refractivity contribution in [3.63, 3.8) is 0 Å². The number of anilines is 3. The molecule has 1 heterocycles. The van der Waals surface area contributed by atoms with E-state index >= 15 is 0 Å². The van der Waals surface area contributed by atoms with Crippen molar-refractivity contribution in [2.75, 3.05) is 4.90 Å². The van der Waals surface area contributed by atoms with Crippen LogP contribution in [0.5, 0.6) is 0 Å². The Morgan fingerprint density at radius 3 is 0.919 bits per heavy atom. The number of rotatable bonds is 9. The molecule has 0 unspecified atom stereocenters. The summed E-state index contributed by atoms with van der Waals surface area (Å²) in [7, 11) is 0. The van der Waals surface area contributed by atoms with E-state index in [2.05, 4.69) is 264 Å². The van der Waals surface area contributed by atoms with Crippen LogP contribution < -0.4 is 4.90 Å². The molecule has 0 spiro atoms. The summed E-state index contributed by atoms with van der Waals surface area (Å²) in [5.41, 5.74) is 18.8. The minimum Gasteiger partial charge on any atom is -0.311 e. The molecule has 1 aromatic heterocycles. The lowest BCUT2D eigenvalue weighted by Gasteiger charge is -2.26. The first-order valence-corrected chi connectivity index (χ1v) is 21.2. The maximum atomic E-state index is 2.37. The molecule has 62 heavy (non-hydrogen) atoms. The van der Waals surface area contributed by atoms with Crippen LogP contribution >= 0.6 is 0 Å². The number of nitrogens with zero attached hydrogens (tertiary/aromatic N) is 2. The summed E-state index contributed by atoms with van der Waals surface area (Å²) in [5, 5.41) is 2.54. The normalized spacial score (nSPS) is 11.2. The van der Waals surface area contributed by atoms with Crippen molar-refractivity contribution in [3.8, 4) is 61.3 Å². The molecule has 0 aliphatic heterocycles. The summed E-state index contributed by atoms with van der Waals surface area (Å²) >= 11 is 0. The van der Waals surface area contributed by atoms with Crippen molar-refractivity contribution in [2.45, 2.75) is 0 Å². The van der Waals surface area contributed by atoms with Crippen molar-refractivity contribution in [2.24, 2.45) is 0 Å². The summed E-state index contributed by atoms with van der Waals surface area (Å²) in [6.45, 7) is 0. The highest BCUT2D eigenvalue weighted by atomic mass is 15.1. The van der Waals surface area contributed by atoms with Gasteiger partial charge in [0.2, 0.25) is 0 Å². The Morgan fingerprint density at radius 1 is 0.226 bits per heavy atom. The first kappa shape index (κ1) is 36.8. The van der Waals surface area contributed by atoms with Crippen LogP contribution in [0.1, 0.15) is 0 Å². The van der Waals surface area contributed by atoms with E-state index in [-0.39, 0.29) is 0 Å². The standard InChI is InChI=1S/C60H42N2/c1-3-12-43(13-4-1)45-22-24-49(25-23-45)51-16-11-17-52(42-51)50-32-38-55(39-33-50)61(53-34-26-46(27-35-53)44-14-5-2-6-15-44)54-36-28-47(29-37-54)48-30-40-56(41-31-48)62-59-20-9-7-18-57(59)58-19-8-10-21-60(58)62/h1-42H. The van der Waals surface area contributed by atoms with Crippen LogP contribution in [0, 0.1) is 0 Å². The Hall–Kier alpha value is -8.20. The zero-order chi connectivity index (χ0) is 41.2. The zero-order valence-electron chi connectivity index (χ0n) is 34.1. The van der Waals surface area contributed by atoms with E-state index in [0.29, 0.717) is 0 Å². The molecule has 2 heteroatoms. The van der Waals surface area contributed by atoms with Gasteiger partial charge >= 0.3 is 0 Å². The van der Waals surface area contributed by atoms with Crippen LogP contribution in [-0.4, -0.2) is 4.57 Å². The van der Waals surface area contributed by atoms with Crippen molar-refractivity contribution in [3.05, 3.63) is 255 Å². The highest BCUT2D eigenvalue weighted by Crippen LogP contribution is 2.39. The van der Waals surface area contributed by atoms with Crippen LogP contribution in [0.3, 0.4) is 0 Å². The molecule has 292 valence electrons. The average Bonchev–Trinajstić information content (AvgIpc) is 3.70. The second kappa shape index (κ2) is 16.1. The quantitative estimate of drug-likeness (QED) is 0.141. The van der Waals surface area contributed by atoms with E-state index in [1.165, 1.54) is 77.4 Å². The van der Waals surface area contributed by atoms with Gasteiger partial charge in [0.25, 0.3) is 0 Å². The van der Waals surface area contributed by atoms with Gasteiger partial charge in [0.15, 0.2) is 0 Å². The molecule has 0 atom stereocenters. The van der Waals surface area contributed by atoms with Gasteiger partial charge in [0.1, 0.15) is 0 Å². The summed E-state index contributed by atoms with van der Waals surface area (Å²) in [6.07, 6.45) is 0. The van der Waals surface area contributed by atoms with E-state index in [1.807, 2.05) is 0 Å². The van der Waals surface area contributed by atoms with Gasteiger partial charge in [-0.25, -0.2) is 0 Å². The van der Waals surface area contributed by atoms with E-state index in [0.717, 1.165) is 22.7 Å². The van der Waals surface area contributed by atoms with Gasteiger partial charge in [-0.1, -0.05) is 188 Å². The monoisotopic (exact) mass is 790 g/mol. The summed E-state index contributed by atoms with van der Waals surface area (Å²) in [6, 6.07) is 91.9. The lowest BCUT2D eigenvalue weighted by molar-refractivity contribution is 1.18. The second-order valence-corrected chi connectivity index (χ2v) is 15.8. The van der Waals surface area contributed by atoms with Crippen LogP contribution in [0.15, 0.2) is 255 Å². The predicted octanol–water partition coefficient (Wildman–Crippen LogP) is 16.6. The smallest absolute Gasteiger partial charge is 0.0541 e. The third kappa shape index (κ3) is 7.04. The molecule has 2 nitrogen and oxygen atoms in total. The number of benzene rings is 10. The Bertz CT molecular complexity index is 3220. The third-order valence-corrected chi connectivity index (χ3v) is 12.0. The van der Waals surface area contributed by atoms with Crippen LogP contribution in [0.4, 0.5) is 17.1 Å². The van der Waals surface area contributed by atoms with Gasteiger partial charge in [-0.3, -0.25) is 0 Å². The van der Waals surface area contributed by atoms with Crippen molar-refractivity contribution < 1.29 is 0 Å². The zero-order valence-corrected chi connectivity index (χ0v) is 34.1. The molecular weight excluding hydrogens is 749 g/mol. The fourth-order valence-electron chi connectivity index (χ4n) is 8.85. The van der Waals surface area contributed by atoms with Crippen molar-refractivity contribution in [1.82, 2.24) is 4.57 Å². The van der Waals surface area contributed by atoms with Gasteiger partial charge in [0, 0.05) is 33.5 Å². The fraction of sp³-hybridized carbons (Fsp3) is 0. The van der Waals surface area contributed by atoms with E-state index in [4.69, 9.17) is 0 Å². The van der Waals surface area contributed by atoms with Gasteiger partial charge in [-0.05, 0) is 122 Å². The highest BCUT2D eigenvalue weighted by molar-refractivity contribution is 6.09. The number of hydrogen-bond donors (Lipinski definition) is 0. The minimum atomic E-state index is 1.09. The van der Waals surface area contributed by atoms with Crippen LogP contribution in [0.25, 0.3) is 83.1 Å². The van der Waals surface area contributed by atoms with E-state index in [9.17, 15) is 0 Å². The Labute approximate surface area is 362 Å². The largest absolute Gasteiger partial charge is 0.311 e. The molecule has 0 saturated carbocycles. The molecule has 0 radical (unpaired) electrons. The molecule has 11 aromatic rings. The summed E-state index contributed by atoms with van der Waals surface area (Å²) in [5.74, 6) is 0. The lowest BCUT2D eigenvalue weighted by Crippen LogP contribution is -2.09. The minimum absolute atomic E-state index is 1.09. The molecule has 10 aromatic carbocycles. The molecule has 0 aliphatic carbocycles. The number of aromatic nitrogens is 1.